The van der Waals surface area contributed by atoms with E-state index in [-0.39, 0.29) is 10.9 Å². The van der Waals surface area contributed by atoms with E-state index in [2.05, 4.69) is 4.72 Å². The predicted octanol–water partition coefficient (Wildman–Crippen LogP) is 3.07. The Morgan fingerprint density at radius 1 is 1.26 bits per heavy atom. The van der Waals surface area contributed by atoms with Crippen molar-refractivity contribution in [2.75, 3.05) is 0 Å². The zero-order valence-electron chi connectivity index (χ0n) is 11.1. The number of halogens is 1. The average Bonchev–Trinajstić information content (AvgIpc) is 2.39. The van der Waals surface area contributed by atoms with Gasteiger partial charge in [-0.3, -0.25) is 0 Å². The summed E-state index contributed by atoms with van der Waals surface area (Å²) in [4.78, 5) is -0.00448. The Morgan fingerprint density at radius 3 is 2.58 bits per heavy atom. The molecule has 0 amide bonds. The minimum Gasteiger partial charge on any atom is -0.208 e. The van der Waals surface area contributed by atoms with Crippen LogP contribution < -0.4 is 4.72 Å². The number of sulfonamides is 1. The van der Waals surface area contributed by atoms with E-state index in [0.717, 1.165) is 31.7 Å². The summed E-state index contributed by atoms with van der Waals surface area (Å²) in [6.45, 7) is 1.90. The molecule has 2 rings (SSSR count). The summed E-state index contributed by atoms with van der Waals surface area (Å²) in [5.74, 6) is -0.148. The summed E-state index contributed by atoms with van der Waals surface area (Å²) in [6.07, 6.45) is 5.69. The van der Waals surface area contributed by atoms with Crippen molar-refractivity contribution >= 4 is 10.0 Å². The van der Waals surface area contributed by atoms with E-state index in [1.165, 1.54) is 24.6 Å². The maximum absolute atomic E-state index is 13.1. The monoisotopic (exact) mass is 285 g/mol. The summed E-state index contributed by atoms with van der Waals surface area (Å²) in [6, 6.07) is 5.02. The summed E-state index contributed by atoms with van der Waals surface area (Å²) < 4.78 is 40.1. The molecule has 1 aromatic carbocycles. The van der Waals surface area contributed by atoms with Crippen LogP contribution in [0.1, 0.15) is 39.0 Å². The molecule has 1 fully saturated rings. The number of benzene rings is 1. The minimum atomic E-state index is -3.62. The smallest absolute Gasteiger partial charge is 0.208 e. The van der Waals surface area contributed by atoms with Gasteiger partial charge in [0.05, 0.1) is 4.90 Å². The fourth-order valence-electron chi connectivity index (χ4n) is 2.68. The van der Waals surface area contributed by atoms with Crippen LogP contribution >= 0.6 is 0 Å². The normalized spacial score (nSPS) is 19.3. The zero-order chi connectivity index (χ0) is 13.9. The van der Waals surface area contributed by atoms with E-state index < -0.39 is 15.8 Å². The first-order valence-electron chi connectivity index (χ1n) is 6.77. The molecular formula is C14H20FNO2S. The summed E-state index contributed by atoms with van der Waals surface area (Å²) >= 11 is 0. The first-order valence-corrected chi connectivity index (χ1v) is 8.25. The molecule has 106 valence electrons. The van der Waals surface area contributed by atoms with Crippen LogP contribution in [0.4, 0.5) is 4.39 Å². The third-order valence-electron chi connectivity index (χ3n) is 3.80. The Hall–Kier alpha value is -0.940. The van der Waals surface area contributed by atoms with Crippen molar-refractivity contribution in [3.63, 3.8) is 0 Å². The van der Waals surface area contributed by atoms with E-state index in [1.54, 1.807) is 0 Å². The fraction of sp³-hybridized carbons (Fsp3) is 0.571. The molecule has 0 radical (unpaired) electrons. The summed E-state index contributed by atoms with van der Waals surface area (Å²) in [5.41, 5.74) is 0. The highest BCUT2D eigenvalue weighted by Crippen LogP contribution is 2.27. The number of nitrogens with one attached hydrogen (secondary N) is 1. The van der Waals surface area contributed by atoms with Crippen LogP contribution in [-0.2, 0) is 10.0 Å². The van der Waals surface area contributed by atoms with Crippen LogP contribution in [0.25, 0.3) is 0 Å². The largest absolute Gasteiger partial charge is 0.240 e. The van der Waals surface area contributed by atoms with Crippen LogP contribution in [0.5, 0.6) is 0 Å². The molecule has 0 bridgehead atoms. The SMILES string of the molecule is CC(NS(=O)(=O)c1cccc(F)c1)C1CCCCC1. The van der Waals surface area contributed by atoms with Crippen molar-refractivity contribution in [1.82, 2.24) is 4.72 Å². The Bertz CT molecular complexity index is 524. The van der Waals surface area contributed by atoms with Gasteiger partial charge in [-0.15, -0.1) is 0 Å². The minimum absolute atomic E-state index is 0.00448. The first kappa shape index (κ1) is 14.5. The van der Waals surface area contributed by atoms with Crippen molar-refractivity contribution in [2.45, 2.75) is 50.0 Å². The van der Waals surface area contributed by atoms with Gasteiger partial charge in [-0.25, -0.2) is 17.5 Å². The van der Waals surface area contributed by atoms with Gasteiger partial charge in [-0.2, -0.15) is 0 Å². The maximum atomic E-state index is 13.1. The molecule has 1 aliphatic carbocycles. The van der Waals surface area contributed by atoms with Crippen molar-refractivity contribution in [3.8, 4) is 0 Å². The second kappa shape index (κ2) is 6.01. The Labute approximate surface area is 114 Å². The number of hydrogen-bond donors (Lipinski definition) is 1. The number of rotatable bonds is 4. The van der Waals surface area contributed by atoms with Gasteiger partial charge in [0.2, 0.25) is 10.0 Å². The van der Waals surface area contributed by atoms with Crippen molar-refractivity contribution in [3.05, 3.63) is 30.1 Å². The van der Waals surface area contributed by atoms with Crippen LogP contribution in [0.3, 0.4) is 0 Å². The molecule has 0 aromatic heterocycles. The van der Waals surface area contributed by atoms with Gasteiger partial charge in [0.15, 0.2) is 0 Å². The quantitative estimate of drug-likeness (QED) is 0.924. The molecular weight excluding hydrogens is 265 g/mol. The van der Waals surface area contributed by atoms with Crippen molar-refractivity contribution in [1.29, 1.82) is 0 Å². The Balaban J connectivity index is 2.08. The van der Waals surface area contributed by atoms with Gasteiger partial charge in [-0.1, -0.05) is 25.3 Å². The molecule has 0 aliphatic heterocycles. The van der Waals surface area contributed by atoms with Crippen LogP contribution in [0.2, 0.25) is 0 Å². The standard InChI is InChI=1S/C14H20FNO2S/c1-11(12-6-3-2-4-7-12)16-19(17,18)14-9-5-8-13(15)10-14/h5,8-12,16H,2-4,6-7H2,1H3. The lowest BCUT2D eigenvalue weighted by Crippen LogP contribution is -2.38. The first-order chi connectivity index (χ1) is 8.99. The van der Waals surface area contributed by atoms with Crippen LogP contribution in [0.15, 0.2) is 29.2 Å². The summed E-state index contributed by atoms with van der Waals surface area (Å²) in [7, 11) is -3.62. The second-order valence-corrected chi connectivity index (χ2v) is 6.98. The molecule has 1 atom stereocenters. The second-order valence-electron chi connectivity index (χ2n) is 5.27. The molecule has 0 saturated heterocycles. The topological polar surface area (TPSA) is 46.2 Å². The predicted molar refractivity (Wildman–Crippen MR) is 72.8 cm³/mol. The van der Waals surface area contributed by atoms with Gasteiger partial charge >= 0.3 is 0 Å². The van der Waals surface area contributed by atoms with E-state index in [1.807, 2.05) is 6.92 Å². The Morgan fingerprint density at radius 2 is 1.95 bits per heavy atom. The van der Waals surface area contributed by atoms with E-state index >= 15 is 0 Å². The van der Waals surface area contributed by atoms with Crippen LogP contribution in [0, 0.1) is 11.7 Å². The van der Waals surface area contributed by atoms with Gasteiger partial charge < -0.3 is 0 Å². The Kier molecular flexibility index (Phi) is 4.58. The molecule has 19 heavy (non-hydrogen) atoms. The molecule has 0 heterocycles. The fourth-order valence-corrected chi connectivity index (χ4v) is 4.02. The molecule has 1 unspecified atom stereocenters. The maximum Gasteiger partial charge on any atom is 0.240 e. The molecule has 1 saturated carbocycles. The van der Waals surface area contributed by atoms with E-state index in [9.17, 15) is 12.8 Å². The van der Waals surface area contributed by atoms with Crippen molar-refractivity contribution in [2.24, 2.45) is 5.92 Å². The highest BCUT2D eigenvalue weighted by Gasteiger charge is 2.25. The number of hydrogen-bond acceptors (Lipinski definition) is 2. The molecule has 1 aliphatic rings. The zero-order valence-corrected chi connectivity index (χ0v) is 11.9. The molecule has 3 nitrogen and oxygen atoms in total. The molecule has 0 spiro atoms. The lowest BCUT2D eigenvalue weighted by atomic mass is 9.85. The van der Waals surface area contributed by atoms with Gasteiger partial charge in [-0.05, 0) is 43.9 Å². The highest BCUT2D eigenvalue weighted by molar-refractivity contribution is 7.89. The molecule has 1 aromatic rings. The van der Waals surface area contributed by atoms with Crippen molar-refractivity contribution < 1.29 is 12.8 Å². The van der Waals surface area contributed by atoms with Gasteiger partial charge in [0.1, 0.15) is 5.82 Å². The van der Waals surface area contributed by atoms with Crippen LogP contribution in [-0.4, -0.2) is 14.5 Å². The van der Waals surface area contributed by atoms with E-state index in [4.69, 9.17) is 0 Å². The third-order valence-corrected chi connectivity index (χ3v) is 5.36. The third kappa shape index (κ3) is 3.76. The molecule has 1 N–H and O–H groups in total. The van der Waals surface area contributed by atoms with Gasteiger partial charge in [0, 0.05) is 6.04 Å². The lowest BCUT2D eigenvalue weighted by molar-refractivity contribution is 0.303. The average molecular weight is 285 g/mol. The highest BCUT2D eigenvalue weighted by atomic mass is 32.2. The van der Waals surface area contributed by atoms with E-state index in [0.29, 0.717) is 5.92 Å². The molecule has 5 heteroatoms. The lowest BCUT2D eigenvalue weighted by Gasteiger charge is -2.28. The summed E-state index contributed by atoms with van der Waals surface area (Å²) in [5, 5.41) is 0. The van der Waals surface area contributed by atoms with Gasteiger partial charge in [0.25, 0.3) is 0 Å².